The van der Waals surface area contributed by atoms with E-state index in [-0.39, 0.29) is 6.61 Å². The number of aliphatic hydroxyl groups is 1. The average Bonchev–Trinajstić information content (AvgIpc) is 2.48. The standard InChI is InChI=1S/C16H12BrNO2/c17-14-9-12(7-6-11(14)10-19)20-16-5-1-4-15-13(16)3-2-8-18-15/h1-9,19H,10H2. The van der Waals surface area contributed by atoms with E-state index < -0.39 is 0 Å². The van der Waals surface area contributed by atoms with Gasteiger partial charge in [0.1, 0.15) is 11.5 Å². The van der Waals surface area contributed by atoms with Crippen molar-refractivity contribution in [1.82, 2.24) is 4.98 Å². The Hall–Kier alpha value is -1.91. The smallest absolute Gasteiger partial charge is 0.136 e. The molecule has 0 spiro atoms. The summed E-state index contributed by atoms with van der Waals surface area (Å²) in [5, 5.41) is 10.1. The third-order valence-electron chi connectivity index (χ3n) is 3.03. The van der Waals surface area contributed by atoms with Crippen molar-refractivity contribution in [3.8, 4) is 11.5 Å². The summed E-state index contributed by atoms with van der Waals surface area (Å²) in [4.78, 5) is 4.31. The third-order valence-corrected chi connectivity index (χ3v) is 3.77. The molecular formula is C16H12BrNO2. The molecule has 0 aliphatic carbocycles. The molecule has 0 unspecified atom stereocenters. The number of aliphatic hydroxyl groups excluding tert-OH is 1. The summed E-state index contributed by atoms with van der Waals surface area (Å²) in [7, 11) is 0. The summed E-state index contributed by atoms with van der Waals surface area (Å²) in [6.45, 7) is -0.000942. The summed E-state index contributed by atoms with van der Waals surface area (Å²) in [6.07, 6.45) is 1.76. The Kier molecular flexibility index (Phi) is 3.67. The molecular weight excluding hydrogens is 318 g/mol. The lowest BCUT2D eigenvalue weighted by atomic mass is 10.2. The first kappa shape index (κ1) is 13.1. The van der Waals surface area contributed by atoms with Gasteiger partial charge in [-0.1, -0.05) is 28.1 Å². The van der Waals surface area contributed by atoms with Gasteiger partial charge in [-0.25, -0.2) is 0 Å². The predicted octanol–water partition coefficient (Wildman–Crippen LogP) is 4.28. The number of ether oxygens (including phenoxy) is 1. The van der Waals surface area contributed by atoms with E-state index in [9.17, 15) is 0 Å². The second-order valence-electron chi connectivity index (χ2n) is 4.34. The number of fused-ring (bicyclic) bond motifs is 1. The molecule has 0 saturated heterocycles. The zero-order valence-corrected chi connectivity index (χ0v) is 12.2. The van der Waals surface area contributed by atoms with Gasteiger partial charge in [-0.3, -0.25) is 4.98 Å². The molecule has 0 bridgehead atoms. The van der Waals surface area contributed by atoms with Gasteiger partial charge in [-0.05, 0) is 42.0 Å². The van der Waals surface area contributed by atoms with Crippen LogP contribution in [0.25, 0.3) is 10.9 Å². The number of pyridine rings is 1. The van der Waals surface area contributed by atoms with Gasteiger partial charge in [0.15, 0.2) is 0 Å². The molecule has 4 heteroatoms. The summed E-state index contributed by atoms with van der Waals surface area (Å²) in [6, 6.07) is 15.2. The number of rotatable bonds is 3. The van der Waals surface area contributed by atoms with Crippen LogP contribution in [0.2, 0.25) is 0 Å². The molecule has 3 nitrogen and oxygen atoms in total. The lowest BCUT2D eigenvalue weighted by Gasteiger charge is -2.10. The third kappa shape index (κ3) is 2.53. The van der Waals surface area contributed by atoms with Crippen LogP contribution in [0.15, 0.2) is 59.2 Å². The van der Waals surface area contributed by atoms with Gasteiger partial charge in [0.2, 0.25) is 0 Å². The Morgan fingerprint density at radius 1 is 1.10 bits per heavy atom. The summed E-state index contributed by atoms with van der Waals surface area (Å²) < 4.78 is 6.75. The fourth-order valence-electron chi connectivity index (χ4n) is 2.01. The zero-order valence-electron chi connectivity index (χ0n) is 10.6. The largest absolute Gasteiger partial charge is 0.457 e. The molecule has 2 aromatic carbocycles. The van der Waals surface area contributed by atoms with Crippen LogP contribution in [0.3, 0.4) is 0 Å². The van der Waals surface area contributed by atoms with Crippen molar-refractivity contribution in [2.24, 2.45) is 0 Å². The Bertz CT molecular complexity index is 753. The highest BCUT2D eigenvalue weighted by Crippen LogP contribution is 2.31. The van der Waals surface area contributed by atoms with E-state index in [1.54, 1.807) is 6.20 Å². The second-order valence-corrected chi connectivity index (χ2v) is 5.19. The van der Waals surface area contributed by atoms with Gasteiger partial charge in [-0.2, -0.15) is 0 Å². The maximum Gasteiger partial charge on any atom is 0.136 e. The normalized spacial score (nSPS) is 10.7. The zero-order chi connectivity index (χ0) is 13.9. The SMILES string of the molecule is OCc1ccc(Oc2cccc3ncccc23)cc1Br. The van der Waals surface area contributed by atoms with Gasteiger partial charge in [0, 0.05) is 16.1 Å². The molecule has 0 radical (unpaired) electrons. The van der Waals surface area contributed by atoms with Crippen LogP contribution in [0.4, 0.5) is 0 Å². The molecule has 0 atom stereocenters. The van der Waals surface area contributed by atoms with E-state index in [1.807, 2.05) is 48.5 Å². The Balaban J connectivity index is 1.99. The van der Waals surface area contributed by atoms with Crippen LogP contribution in [0, 0.1) is 0 Å². The lowest BCUT2D eigenvalue weighted by molar-refractivity contribution is 0.281. The van der Waals surface area contributed by atoms with E-state index in [0.29, 0.717) is 5.75 Å². The van der Waals surface area contributed by atoms with Gasteiger partial charge in [-0.15, -0.1) is 0 Å². The number of hydrogen-bond acceptors (Lipinski definition) is 3. The fraction of sp³-hybridized carbons (Fsp3) is 0.0625. The van der Waals surface area contributed by atoms with Gasteiger partial charge < -0.3 is 9.84 Å². The van der Waals surface area contributed by atoms with Gasteiger partial charge >= 0.3 is 0 Å². The van der Waals surface area contributed by atoms with Gasteiger partial charge in [0.25, 0.3) is 0 Å². The molecule has 3 rings (SSSR count). The molecule has 20 heavy (non-hydrogen) atoms. The van der Waals surface area contributed by atoms with Crippen molar-refractivity contribution in [1.29, 1.82) is 0 Å². The van der Waals surface area contributed by atoms with Crippen LogP contribution < -0.4 is 4.74 Å². The van der Waals surface area contributed by atoms with Crippen LogP contribution in [0.5, 0.6) is 11.5 Å². The molecule has 1 heterocycles. The highest BCUT2D eigenvalue weighted by Gasteiger charge is 2.06. The monoisotopic (exact) mass is 329 g/mol. The highest BCUT2D eigenvalue weighted by atomic mass is 79.9. The molecule has 0 aliphatic rings. The first-order chi connectivity index (χ1) is 9.78. The topological polar surface area (TPSA) is 42.4 Å². The number of halogens is 1. The lowest BCUT2D eigenvalue weighted by Crippen LogP contribution is -1.89. The summed E-state index contributed by atoms with van der Waals surface area (Å²) in [5.41, 5.74) is 1.73. The predicted molar refractivity (Wildman–Crippen MR) is 81.9 cm³/mol. The van der Waals surface area contributed by atoms with Crippen LogP contribution in [-0.4, -0.2) is 10.1 Å². The summed E-state index contributed by atoms with van der Waals surface area (Å²) in [5.74, 6) is 1.48. The molecule has 1 N–H and O–H groups in total. The maximum atomic E-state index is 9.16. The first-order valence-corrected chi connectivity index (χ1v) is 6.98. The molecule has 3 aromatic rings. The van der Waals surface area contributed by atoms with Crippen LogP contribution in [0.1, 0.15) is 5.56 Å². The molecule has 0 amide bonds. The average molecular weight is 330 g/mol. The second kappa shape index (κ2) is 5.61. The minimum atomic E-state index is -0.000942. The van der Waals surface area contributed by atoms with Crippen molar-refractivity contribution < 1.29 is 9.84 Å². The van der Waals surface area contributed by atoms with Gasteiger partial charge in [0.05, 0.1) is 12.1 Å². The van der Waals surface area contributed by atoms with E-state index in [1.165, 1.54) is 0 Å². The fourth-order valence-corrected chi connectivity index (χ4v) is 2.49. The van der Waals surface area contributed by atoms with Crippen LogP contribution >= 0.6 is 15.9 Å². The van der Waals surface area contributed by atoms with E-state index in [2.05, 4.69) is 20.9 Å². The number of hydrogen-bond donors (Lipinski definition) is 1. The number of nitrogens with zero attached hydrogens (tertiary/aromatic N) is 1. The van der Waals surface area contributed by atoms with Crippen LogP contribution in [-0.2, 0) is 6.61 Å². The Morgan fingerprint density at radius 2 is 2.00 bits per heavy atom. The highest BCUT2D eigenvalue weighted by molar-refractivity contribution is 9.10. The summed E-state index contributed by atoms with van der Waals surface area (Å²) >= 11 is 3.42. The van der Waals surface area contributed by atoms with Crippen molar-refractivity contribution >= 4 is 26.8 Å². The first-order valence-electron chi connectivity index (χ1n) is 6.19. The van der Waals surface area contributed by atoms with Crippen molar-refractivity contribution in [3.05, 3.63) is 64.8 Å². The van der Waals surface area contributed by atoms with E-state index in [0.717, 1.165) is 26.7 Å². The quantitative estimate of drug-likeness (QED) is 0.779. The van der Waals surface area contributed by atoms with Crippen molar-refractivity contribution in [2.45, 2.75) is 6.61 Å². The molecule has 0 aliphatic heterocycles. The number of benzene rings is 2. The molecule has 100 valence electrons. The Labute approximate surface area is 125 Å². The maximum absolute atomic E-state index is 9.16. The molecule has 0 fully saturated rings. The van der Waals surface area contributed by atoms with E-state index >= 15 is 0 Å². The molecule has 1 aromatic heterocycles. The van der Waals surface area contributed by atoms with Crippen molar-refractivity contribution in [2.75, 3.05) is 0 Å². The minimum absolute atomic E-state index is 0.000942. The number of aromatic nitrogens is 1. The Morgan fingerprint density at radius 3 is 2.80 bits per heavy atom. The minimum Gasteiger partial charge on any atom is -0.457 e. The molecule has 0 saturated carbocycles. The van der Waals surface area contributed by atoms with E-state index in [4.69, 9.17) is 9.84 Å². The van der Waals surface area contributed by atoms with Crippen molar-refractivity contribution in [3.63, 3.8) is 0 Å².